The van der Waals surface area contributed by atoms with Crippen LogP contribution in [0.15, 0.2) is 35.3 Å². The second kappa shape index (κ2) is 11.0. The number of rotatable bonds is 7. The highest BCUT2D eigenvalue weighted by atomic mass is 127. The molecule has 2 rings (SSSR count). The molecule has 7 heteroatoms. The van der Waals surface area contributed by atoms with Crippen LogP contribution in [0, 0.1) is 0 Å². The van der Waals surface area contributed by atoms with Crippen molar-refractivity contribution in [2.24, 2.45) is 4.99 Å². The van der Waals surface area contributed by atoms with Gasteiger partial charge in [-0.25, -0.2) is 4.99 Å². The Hall–Kier alpha value is -1.77. The molecule has 0 aliphatic carbocycles. The summed E-state index contributed by atoms with van der Waals surface area (Å²) in [6.45, 7) is 3.82. The third kappa shape index (κ3) is 6.93. The zero-order valence-electron chi connectivity index (χ0n) is 15.1. The monoisotopic (exact) mass is 457 g/mol. The molecule has 2 aromatic rings. The van der Waals surface area contributed by atoms with Gasteiger partial charge in [-0.05, 0) is 23.9 Å². The van der Waals surface area contributed by atoms with E-state index in [4.69, 9.17) is 0 Å². The summed E-state index contributed by atoms with van der Waals surface area (Å²) in [5.74, 6) is 0.673. The van der Waals surface area contributed by atoms with Gasteiger partial charge < -0.3 is 20.5 Å². The molecule has 0 radical (unpaired) electrons. The minimum Gasteiger partial charge on any atom is -0.358 e. The van der Waals surface area contributed by atoms with Crippen molar-refractivity contribution < 1.29 is 4.79 Å². The van der Waals surface area contributed by atoms with Gasteiger partial charge in [-0.1, -0.05) is 25.1 Å². The molecule has 0 aliphatic heterocycles. The topological polar surface area (TPSA) is 72.5 Å². The molecule has 1 aromatic carbocycles. The van der Waals surface area contributed by atoms with Crippen LogP contribution in [0.5, 0.6) is 0 Å². The average molecular weight is 457 g/mol. The molecule has 0 atom stereocenters. The van der Waals surface area contributed by atoms with E-state index in [-0.39, 0.29) is 36.4 Å². The number of carbonyl (C=O) groups excluding carboxylic acids is 1. The summed E-state index contributed by atoms with van der Waals surface area (Å²) in [6, 6.07) is 10.4. The second-order valence-electron chi connectivity index (χ2n) is 5.94. The number of para-hydroxylation sites is 1. The number of halogens is 1. The molecular weight excluding hydrogens is 429 g/mol. The highest BCUT2D eigenvalue weighted by molar-refractivity contribution is 14.0. The van der Waals surface area contributed by atoms with Gasteiger partial charge >= 0.3 is 0 Å². The number of hydrogen-bond acceptors (Lipinski definition) is 2. The molecule has 138 valence electrons. The van der Waals surface area contributed by atoms with Crippen molar-refractivity contribution in [3.63, 3.8) is 0 Å². The SMILES string of the molecule is CCCNC(=NCC(=O)N(C)C)NCCc1cc2ccccc2[nH]1.I. The number of aliphatic imine (C=N–C) groups is 1. The van der Waals surface area contributed by atoms with Crippen molar-refractivity contribution in [1.82, 2.24) is 20.5 Å². The maximum absolute atomic E-state index is 11.7. The number of aromatic nitrogens is 1. The van der Waals surface area contributed by atoms with Crippen LogP contribution in [0.1, 0.15) is 19.0 Å². The molecule has 0 unspecified atom stereocenters. The molecule has 0 saturated heterocycles. The van der Waals surface area contributed by atoms with E-state index in [1.54, 1.807) is 19.0 Å². The van der Waals surface area contributed by atoms with E-state index in [0.29, 0.717) is 5.96 Å². The van der Waals surface area contributed by atoms with E-state index in [1.165, 1.54) is 11.1 Å². The maximum atomic E-state index is 11.7. The molecule has 1 aromatic heterocycles. The number of fused-ring (bicyclic) bond motifs is 1. The van der Waals surface area contributed by atoms with Crippen molar-refractivity contribution in [3.05, 3.63) is 36.0 Å². The number of carbonyl (C=O) groups is 1. The third-order valence-electron chi connectivity index (χ3n) is 3.69. The Bertz CT molecular complexity index is 663. The number of nitrogens with one attached hydrogen (secondary N) is 3. The largest absolute Gasteiger partial charge is 0.358 e. The van der Waals surface area contributed by atoms with Gasteiger partial charge in [0, 0.05) is 44.8 Å². The van der Waals surface area contributed by atoms with Crippen molar-refractivity contribution >= 4 is 46.7 Å². The van der Waals surface area contributed by atoms with Gasteiger partial charge in [-0.15, -0.1) is 24.0 Å². The summed E-state index contributed by atoms with van der Waals surface area (Å²) in [6.07, 6.45) is 1.87. The van der Waals surface area contributed by atoms with Crippen molar-refractivity contribution in [3.8, 4) is 0 Å². The van der Waals surface area contributed by atoms with Gasteiger partial charge in [-0.3, -0.25) is 4.79 Å². The van der Waals surface area contributed by atoms with E-state index < -0.39 is 0 Å². The van der Waals surface area contributed by atoms with E-state index >= 15 is 0 Å². The predicted octanol–water partition coefficient (Wildman–Crippen LogP) is 2.36. The lowest BCUT2D eigenvalue weighted by Gasteiger charge is -2.13. The zero-order valence-corrected chi connectivity index (χ0v) is 17.5. The Morgan fingerprint density at radius 2 is 1.92 bits per heavy atom. The van der Waals surface area contributed by atoms with Crippen LogP contribution in [-0.2, 0) is 11.2 Å². The van der Waals surface area contributed by atoms with Crippen LogP contribution in [0.4, 0.5) is 0 Å². The standard InChI is InChI=1S/C18H27N5O.HI/c1-4-10-19-18(21-13-17(24)23(2)3)20-11-9-15-12-14-7-5-6-8-16(14)22-15;/h5-8,12,22H,4,9-11,13H2,1-3H3,(H2,19,20,21);1H. The summed E-state index contributed by atoms with van der Waals surface area (Å²) in [7, 11) is 3.47. The Morgan fingerprint density at radius 3 is 2.60 bits per heavy atom. The number of guanidine groups is 1. The van der Waals surface area contributed by atoms with E-state index in [2.05, 4.69) is 45.7 Å². The summed E-state index contributed by atoms with van der Waals surface area (Å²) in [5.41, 5.74) is 2.34. The maximum Gasteiger partial charge on any atom is 0.243 e. The third-order valence-corrected chi connectivity index (χ3v) is 3.69. The number of likely N-dealkylation sites (N-methyl/N-ethyl adjacent to an activating group) is 1. The number of hydrogen-bond donors (Lipinski definition) is 3. The van der Waals surface area contributed by atoms with Gasteiger partial charge in [0.15, 0.2) is 5.96 Å². The number of aromatic amines is 1. The molecule has 0 bridgehead atoms. The lowest BCUT2D eigenvalue weighted by Crippen LogP contribution is -2.39. The molecule has 0 fully saturated rings. The molecule has 0 aliphatic rings. The normalized spacial score (nSPS) is 11.1. The quantitative estimate of drug-likeness (QED) is 0.340. The number of nitrogens with zero attached hydrogens (tertiary/aromatic N) is 2. The summed E-state index contributed by atoms with van der Waals surface area (Å²) in [5, 5.41) is 7.75. The minimum atomic E-state index is -0.0109. The Labute approximate surface area is 166 Å². The van der Waals surface area contributed by atoms with Crippen molar-refractivity contribution in [1.29, 1.82) is 0 Å². The average Bonchev–Trinajstić information content (AvgIpc) is 2.99. The lowest BCUT2D eigenvalue weighted by atomic mass is 10.2. The molecule has 0 spiro atoms. The van der Waals surface area contributed by atoms with E-state index in [9.17, 15) is 4.79 Å². The fraction of sp³-hybridized carbons (Fsp3) is 0.444. The van der Waals surface area contributed by atoms with Crippen LogP contribution in [0.25, 0.3) is 10.9 Å². The highest BCUT2D eigenvalue weighted by Gasteiger charge is 2.05. The fourth-order valence-electron chi connectivity index (χ4n) is 2.29. The minimum absolute atomic E-state index is 0. The van der Waals surface area contributed by atoms with Crippen LogP contribution in [0.2, 0.25) is 0 Å². The summed E-state index contributed by atoms with van der Waals surface area (Å²) >= 11 is 0. The second-order valence-corrected chi connectivity index (χ2v) is 5.94. The summed E-state index contributed by atoms with van der Waals surface area (Å²) < 4.78 is 0. The van der Waals surface area contributed by atoms with Gasteiger partial charge in [0.05, 0.1) is 0 Å². The van der Waals surface area contributed by atoms with E-state index in [0.717, 1.165) is 31.4 Å². The first-order chi connectivity index (χ1) is 11.6. The van der Waals surface area contributed by atoms with Gasteiger partial charge in [0.25, 0.3) is 0 Å². The Balaban J connectivity index is 0.00000312. The number of amides is 1. The predicted molar refractivity (Wildman–Crippen MR) is 115 cm³/mol. The molecule has 6 nitrogen and oxygen atoms in total. The zero-order chi connectivity index (χ0) is 17.4. The first kappa shape index (κ1) is 21.3. The molecule has 25 heavy (non-hydrogen) atoms. The Morgan fingerprint density at radius 1 is 1.20 bits per heavy atom. The van der Waals surface area contributed by atoms with Gasteiger partial charge in [0.1, 0.15) is 6.54 Å². The fourth-order valence-corrected chi connectivity index (χ4v) is 2.29. The molecule has 1 amide bonds. The smallest absolute Gasteiger partial charge is 0.243 e. The first-order valence-corrected chi connectivity index (χ1v) is 8.39. The van der Waals surface area contributed by atoms with Crippen LogP contribution < -0.4 is 10.6 Å². The van der Waals surface area contributed by atoms with E-state index in [1.807, 2.05) is 12.1 Å². The molecule has 1 heterocycles. The van der Waals surface area contributed by atoms with Crippen LogP contribution in [-0.4, -0.2) is 55.5 Å². The Kier molecular flexibility index (Phi) is 9.33. The van der Waals surface area contributed by atoms with Crippen LogP contribution >= 0.6 is 24.0 Å². The number of benzene rings is 1. The lowest BCUT2D eigenvalue weighted by molar-refractivity contribution is -0.127. The number of H-pyrrole nitrogens is 1. The van der Waals surface area contributed by atoms with Crippen LogP contribution in [0.3, 0.4) is 0 Å². The molecular formula is C18H28IN5O. The summed E-state index contributed by atoms with van der Waals surface area (Å²) in [4.78, 5) is 21.0. The van der Waals surface area contributed by atoms with Crippen molar-refractivity contribution in [2.75, 3.05) is 33.7 Å². The molecule has 0 saturated carbocycles. The van der Waals surface area contributed by atoms with Crippen molar-refractivity contribution in [2.45, 2.75) is 19.8 Å². The highest BCUT2D eigenvalue weighted by Crippen LogP contribution is 2.14. The first-order valence-electron chi connectivity index (χ1n) is 8.39. The van der Waals surface area contributed by atoms with Gasteiger partial charge in [0.2, 0.25) is 5.91 Å². The molecule has 3 N–H and O–H groups in total. The van der Waals surface area contributed by atoms with Gasteiger partial charge in [-0.2, -0.15) is 0 Å².